The Hall–Kier alpha value is -1.96. The minimum atomic E-state index is -0.496. The smallest absolute Gasteiger partial charge is 0.246 e. The minimum absolute atomic E-state index is 0.0155. The first-order chi connectivity index (χ1) is 15.4. The lowest BCUT2D eigenvalue weighted by Crippen LogP contribution is -2.46. The Bertz CT molecular complexity index is 889. The fourth-order valence-corrected chi connectivity index (χ4v) is 4.91. The van der Waals surface area contributed by atoms with Gasteiger partial charge in [-0.2, -0.15) is 0 Å². The summed E-state index contributed by atoms with van der Waals surface area (Å²) in [6.45, 7) is 4.71. The molecular formula is C24H31ClFN3O3. The van der Waals surface area contributed by atoms with Gasteiger partial charge in [-0.25, -0.2) is 4.39 Å². The zero-order chi connectivity index (χ0) is 22.7. The molecule has 1 N–H and O–H groups in total. The van der Waals surface area contributed by atoms with Gasteiger partial charge in [0, 0.05) is 45.2 Å². The largest absolute Gasteiger partial charge is 0.391 e. The molecule has 8 heteroatoms. The van der Waals surface area contributed by atoms with Crippen LogP contribution in [0.5, 0.6) is 0 Å². The summed E-state index contributed by atoms with van der Waals surface area (Å²) in [5.74, 6) is -0.592. The zero-order valence-electron chi connectivity index (χ0n) is 18.3. The topological polar surface area (TPSA) is 64.1 Å². The maximum atomic E-state index is 13.3. The van der Waals surface area contributed by atoms with Gasteiger partial charge in [0.1, 0.15) is 5.82 Å². The second-order valence-corrected chi connectivity index (χ2v) is 9.65. The fraction of sp³-hybridized carbons (Fsp3) is 0.583. The van der Waals surface area contributed by atoms with Crippen molar-refractivity contribution < 1.29 is 19.1 Å². The van der Waals surface area contributed by atoms with Crippen molar-refractivity contribution in [1.82, 2.24) is 14.7 Å². The Balaban J connectivity index is 1.22. The number of rotatable bonds is 6. The van der Waals surface area contributed by atoms with E-state index < -0.39 is 5.82 Å². The molecule has 2 saturated heterocycles. The first-order valence-corrected chi connectivity index (χ1v) is 11.8. The Kier molecular flexibility index (Phi) is 7.17. The van der Waals surface area contributed by atoms with E-state index in [9.17, 15) is 19.1 Å². The molecule has 174 valence electrons. The van der Waals surface area contributed by atoms with Crippen molar-refractivity contribution >= 4 is 29.5 Å². The summed E-state index contributed by atoms with van der Waals surface area (Å²) in [6.07, 6.45) is 7.41. The second kappa shape index (κ2) is 9.89. The van der Waals surface area contributed by atoms with Crippen LogP contribution in [-0.2, 0) is 9.59 Å². The van der Waals surface area contributed by atoms with Gasteiger partial charge in [0.25, 0.3) is 0 Å². The van der Waals surface area contributed by atoms with Crippen LogP contribution >= 0.6 is 11.6 Å². The molecule has 1 aliphatic carbocycles. The van der Waals surface area contributed by atoms with E-state index in [2.05, 4.69) is 4.90 Å². The molecule has 0 radical (unpaired) electrons. The molecule has 1 saturated carbocycles. The highest BCUT2D eigenvalue weighted by atomic mass is 35.5. The van der Waals surface area contributed by atoms with E-state index in [0.717, 1.165) is 45.3 Å². The van der Waals surface area contributed by atoms with E-state index in [1.807, 2.05) is 4.90 Å². The highest BCUT2D eigenvalue weighted by Crippen LogP contribution is 2.53. The third kappa shape index (κ3) is 5.50. The van der Waals surface area contributed by atoms with Crippen LogP contribution in [0.1, 0.15) is 37.7 Å². The third-order valence-corrected chi connectivity index (χ3v) is 7.41. The second-order valence-electron chi connectivity index (χ2n) is 9.25. The van der Waals surface area contributed by atoms with Crippen LogP contribution in [0.3, 0.4) is 0 Å². The van der Waals surface area contributed by atoms with Crippen LogP contribution in [0.2, 0.25) is 5.02 Å². The highest BCUT2D eigenvalue weighted by molar-refractivity contribution is 6.30. The van der Waals surface area contributed by atoms with Gasteiger partial charge in [0.2, 0.25) is 11.8 Å². The van der Waals surface area contributed by atoms with Crippen LogP contribution in [0, 0.1) is 11.2 Å². The van der Waals surface area contributed by atoms with Crippen LogP contribution < -0.4 is 0 Å². The standard InChI is InChI=1S/C24H31ClFN3O3/c25-19-16-18(2-4-20(19)26)3-5-22(31)29-12-6-23(32)28(14-15-29)11-1-10-27-13-9-24(7-8-24)21(30)17-27/h2-5,16,21,30H,1,6-15,17H2/b5-3+. The summed E-state index contributed by atoms with van der Waals surface area (Å²) in [7, 11) is 0. The quantitative estimate of drug-likeness (QED) is 0.659. The zero-order valence-corrected chi connectivity index (χ0v) is 19.1. The summed E-state index contributed by atoms with van der Waals surface area (Å²) < 4.78 is 13.3. The van der Waals surface area contributed by atoms with Gasteiger partial charge < -0.3 is 19.8 Å². The molecule has 3 fully saturated rings. The monoisotopic (exact) mass is 463 g/mol. The summed E-state index contributed by atoms with van der Waals surface area (Å²) in [5, 5.41) is 10.4. The number of hydrogen-bond donors (Lipinski definition) is 1. The number of carbonyl (C=O) groups excluding carboxylic acids is 2. The van der Waals surface area contributed by atoms with Gasteiger partial charge in [0.05, 0.1) is 11.1 Å². The maximum Gasteiger partial charge on any atom is 0.246 e. The number of benzene rings is 1. The normalized spacial score (nSPS) is 23.7. The summed E-state index contributed by atoms with van der Waals surface area (Å²) in [6, 6.07) is 4.30. The van der Waals surface area contributed by atoms with Crippen molar-refractivity contribution in [2.24, 2.45) is 5.41 Å². The molecule has 4 rings (SSSR count). The predicted octanol–water partition coefficient (Wildman–Crippen LogP) is 2.79. The summed E-state index contributed by atoms with van der Waals surface area (Å²) in [5.41, 5.74) is 0.859. The maximum absolute atomic E-state index is 13.3. The molecule has 0 aromatic heterocycles. The van der Waals surface area contributed by atoms with Crippen LogP contribution in [0.15, 0.2) is 24.3 Å². The van der Waals surface area contributed by atoms with Gasteiger partial charge in [-0.05, 0) is 68.0 Å². The number of aliphatic hydroxyl groups excluding tert-OH is 1. The van der Waals surface area contributed by atoms with Gasteiger partial charge in [-0.1, -0.05) is 17.7 Å². The number of amides is 2. The molecule has 32 heavy (non-hydrogen) atoms. The SMILES string of the molecule is O=C(/C=C/c1ccc(F)c(Cl)c1)N1CCC(=O)N(CCCN2CCC3(CC3)C(O)C2)CC1. The molecule has 1 unspecified atom stereocenters. The molecule has 2 aliphatic heterocycles. The van der Waals surface area contributed by atoms with E-state index in [1.54, 1.807) is 17.0 Å². The van der Waals surface area contributed by atoms with Crippen molar-refractivity contribution in [2.75, 3.05) is 45.8 Å². The number of halogens is 2. The lowest BCUT2D eigenvalue weighted by Gasteiger charge is -2.36. The van der Waals surface area contributed by atoms with Crippen LogP contribution in [0.4, 0.5) is 4.39 Å². The predicted molar refractivity (Wildman–Crippen MR) is 122 cm³/mol. The Morgan fingerprint density at radius 3 is 2.72 bits per heavy atom. The number of hydrogen-bond acceptors (Lipinski definition) is 4. The van der Waals surface area contributed by atoms with Crippen molar-refractivity contribution in [3.8, 4) is 0 Å². The summed E-state index contributed by atoms with van der Waals surface area (Å²) in [4.78, 5) is 30.9. The molecule has 3 aliphatic rings. The number of nitrogens with zero attached hydrogens (tertiary/aromatic N) is 3. The van der Waals surface area contributed by atoms with E-state index >= 15 is 0 Å². The van der Waals surface area contributed by atoms with E-state index in [4.69, 9.17) is 11.6 Å². The first kappa shape index (κ1) is 23.2. The van der Waals surface area contributed by atoms with Gasteiger partial charge in [0.15, 0.2) is 0 Å². The van der Waals surface area contributed by atoms with Crippen LogP contribution in [0.25, 0.3) is 6.08 Å². The third-order valence-electron chi connectivity index (χ3n) is 7.12. The molecule has 1 aromatic rings. The van der Waals surface area contributed by atoms with Crippen LogP contribution in [-0.4, -0.2) is 83.5 Å². The first-order valence-electron chi connectivity index (χ1n) is 11.5. The van der Waals surface area contributed by atoms with Crippen molar-refractivity contribution in [2.45, 2.75) is 38.2 Å². The molecule has 6 nitrogen and oxygen atoms in total. The fourth-order valence-electron chi connectivity index (χ4n) is 4.72. The van der Waals surface area contributed by atoms with E-state index in [0.29, 0.717) is 38.2 Å². The minimum Gasteiger partial charge on any atom is -0.391 e. The molecule has 0 bridgehead atoms. The Morgan fingerprint density at radius 1 is 1.19 bits per heavy atom. The molecule has 1 atom stereocenters. The van der Waals surface area contributed by atoms with Gasteiger partial charge in [-0.15, -0.1) is 0 Å². The lowest BCUT2D eigenvalue weighted by molar-refractivity contribution is -0.130. The number of carbonyl (C=O) groups is 2. The summed E-state index contributed by atoms with van der Waals surface area (Å²) >= 11 is 5.78. The van der Waals surface area contributed by atoms with Gasteiger partial charge in [-0.3, -0.25) is 9.59 Å². The lowest BCUT2D eigenvalue weighted by atomic mass is 9.90. The number of β-amino-alcohol motifs (C(OH)–C–C–N with tert-alkyl or cyclic N) is 1. The Labute approximate surface area is 193 Å². The van der Waals surface area contributed by atoms with Crippen molar-refractivity contribution in [3.63, 3.8) is 0 Å². The Morgan fingerprint density at radius 2 is 2.00 bits per heavy atom. The van der Waals surface area contributed by atoms with Gasteiger partial charge >= 0.3 is 0 Å². The van der Waals surface area contributed by atoms with Crippen molar-refractivity contribution in [1.29, 1.82) is 0 Å². The van der Waals surface area contributed by atoms with Crippen molar-refractivity contribution in [3.05, 3.63) is 40.7 Å². The molecule has 2 heterocycles. The average Bonchev–Trinajstić information content (AvgIpc) is 3.58. The highest BCUT2D eigenvalue weighted by Gasteiger charge is 2.51. The van der Waals surface area contributed by atoms with E-state index in [-0.39, 0.29) is 28.4 Å². The number of aliphatic hydroxyl groups is 1. The molecule has 2 amide bonds. The number of likely N-dealkylation sites (tertiary alicyclic amines) is 1. The molecular weight excluding hydrogens is 433 g/mol. The number of piperidine rings is 1. The molecule has 1 aromatic carbocycles. The molecule has 1 spiro atoms. The van der Waals surface area contributed by atoms with E-state index in [1.165, 1.54) is 18.2 Å². The average molecular weight is 464 g/mol.